The first-order valence-corrected chi connectivity index (χ1v) is 6.18. The van der Waals surface area contributed by atoms with Gasteiger partial charge in [0.25, 0.3) is 0 Å². The SMILES string of the molecule is C=C/C=C(\C=C)c1cc(-c2ccccc2)nc(Cl)n1. The number of benzene rings is 1. The van der Waals surface area contributed by atoms with Crippen LogP contribution in [0.4, 0.5) is 0 Å². The smallest absolute Gasteiger partial charge is 0.218 e. The number of aromatic nitrogens is 2. The van der Waals surface area contributed by atoms with E-state index in [9.17, 15) is 0 Å². The maximum absolute atomic E-state index is 5.99. The van der Waals surface area contributed by atoms with Gasteiger partial charge in [0, 0.05) is 5.56 Å². The number of rotatable bonds is 4. The highest BCUT2D eigenvalue weighted by Gasteiger charge is 2.07. The molecule has 1 aromatic carbocycles. The number of nitrogens with zero attached hydrogens (tertiary/aromatic N) is 2. The third-order valence-corrected chi connectivity index (χ3v) is 2.75. The lowest BCUT2D eigenvalue weighted by atomic mass is 10.1. The molecule has 0 aliphatic rings. The van der Waals surface area contributed by atoms with Gasteiger partial charge in [-0.3, -0.25) is 0 Å². The van der Waals surface area contributed by atoms with Crippen molar-refractivity contribution in [1.82, 2.24) is 9.97 Å². The third-order valence-electron chi connectivity index (χ3n) is 2.58. The van der Waals surface area contributed by atoms with E-state index in [1.165, 1.54) is 0 Å². The molecule has 0 saturated carbocycles. The van der Waals surface area contributed by atoms with Gasteiger partial charge in [-0.05, 0) is 23.2 Å². The standard InChI is InChI=1S/C16H13ClN2/c1-3-8-12(4-2)14-11-15(19-16(17)18-14)13-9-6-5-7-10-13/h3-11H,1-2H2/b12-8+. The summed E-state index contributed by atoms with van der Waals surface area (Å²) in [4.78, 5) is 8.46. The molecule has 0 atom stereocenters. The molecule has 2 nitrogen and oxygen atoms in total. The Morgan fingerprint density at radius 2 is 1.84 bits per heavy atom. The van der Waals surface area contributed by atoms with E-state index >= 15 is 0 Å². The van der Waals surface area contributed by atoms with Gasteiger partial charge in [-0.25, -0.2) is 9.97 Å². The first-order chi connectivity index (χ1) is 9.24. The summed E-state index contributed by atoms with van der Waals surface area (Å²) in [6, 6.07) is 11.7. The van der Waals surface area contributed by atoms with Gasteiger partial charge >= 0.3 is 0 Å². The summed E-state index contributed by atoms with van der Waals surface area (Å²) in [5.74, 6) is 0. The van der Waals surface area contributed by atoms with Gasteiger partial charge in [0.15, 0.2) is 0 Å². The molecule has 0 aliphatic carbocycles. The van der Waals surface area contributed by atoms with E-state index in [4.69, 9.17) is 11.6 Å². The van der Waals surface area contributed by atoms with Crippen LogP contribution in [-0.4, -0.2) is 9.97 Å². The summed E-state index contributed by atoms with van der Waals surface area (Å²) in [5.41, 5.74) is 3.37. The van der Waals surface area contributed by atoms with Gasteiger partial charge < -0.3 is 0 Å². The fourth-order valence-corrected chi connectivity index (χ4v) is 1.89. The Hall–Kier alpha value is -2.19. The van der Waals surface area contributed by atoms with Crippen LogP contribution in [0.25, 0.3) is 16.8 Å². The zero-order chi connectivity index (χ0) is 13.7. The molecule has 3 heteroatoms. The quantitative estimate of drug-likeness (QED) is 0.600. The predicted octanol–water partition coefficient (Wildman–Crippen LogP) is 4.55. The average Bonchev–Trinajstić information content (AvgIpc) is 2.45. The Labute approximate surface area is 117 Å². The summed E-state index contributed by atoms with van der Waals surface area (Å²) in [7, 11) is 0. The van der Waals surface area contributed by atoms with Crippen molar-refractivity contribution in [2.24, 2.45) is 0 Å². The van der Waals surface area contributed by atoms with Crippen molar-refractivity contribution in [3.8, 4) is 11.3 Å². The average molecular weight is 269 g/mol. The summed E-state index contributed by atoms with van der Waals surface area (Å²) in [6.45, 7) is 7.44. The van der Waals surface area contributed by atoms with Crippen LogP contribution in [0.3, 0.4) is 0 Å². The van der Waals surface area contributed by atoms with E-state index in [1.807, 2.05) is 42.5 Å². The van der Waals surface area contributed by atoms with Crippen LogP contribution in [0.1, 0.15) is 5.69 Å². The zero-order valence-corrected chi connectivity index (χ0v) is 11.1. The Bertz CT molecular complexity index is 630. The summed E-state index contributed by atoms with van der Waals surface area (Å²) in [5, 5.41) is 0.216. The first-order valence-electron chi connectivity index (χ1n) is 5.80. The van der Waals surface area contributed by atoms with Crippen molar-refractivity contribution in [2.75, 3.05) is 0 Å². The second kappa shape index (κ2) is 6.12. The van der Waals surface area contributed by atoms with Crippen molar-refractivity contribution in [2.45, 2.75) is 0 Å². The number of allylic oxidation sites excluding steroid dienone is 4. The van der Waals surface area contributed by atoms with Crippen molar-refractivity contribution >= 4 is 17.2 Å². The molecule has 1 heterocycles. The first kappa shape index (κ1) is 13.2. The highest BCUT2D eigenvalue weighted by atomic mass is 35.5. The molecule has 0 spiro atoms. The van der Waals surface area contributed by atoms with Gasteiger partial charge in [0.05, 0.1) is 11.4 Å². The maximum Gasteiger partial charge on any atom is 0.223 e. The minimum atomic E-state index is 0.216. The van der Waals surface area contributed by atoms with Crippen LogP contribution in [0.2, 0.25) is 5.28 Å². The molecule has 2 rings (SSSR count). The second-order valence-corrected chi connectivity index (χ2v) is 4.17. The molecule has 19 heavy (non-hydrogen) atoms. The molecule has 0 N–H and O–H groups in total. The minimum absolute atomic E-state index is 0.216. The summed E-state index contributed by atoms with van der Waals surface area (Å²) in [6.07, 6.45) is 5.24. The fraction of sp³-hybridized carbons (Fsp3) is 0. The lowest BCUT2D eigenvalue weighted by Gasteiger charge is -2.06. The molecule has 0 aliphatic heterocycles. The molecule has 0 saturated heterocycles. The van der Waals surface area contributed by atoms with Crippen molar-refractivity contribution in [1.29, 1.82) is 0 Å². The van der Waals surface area contributed by atoms with Gasteiger partial charge in [-0.2, -0.15) is 0 Å². The van der Waals surface area contributed by atoms with E-state index in [0.29, 0.717) is 0 Å². The highest BCUT2D eigenvalue weighted by Crippen LogP contribution is 2.23. The molecule has 1 aromatic heterocycles. The summed E-state index contributed by atoms with van der Waals surface area (Å²) >= 11 is 5.99. The van der Waals surface area contributed by atoms with Crippen LogP contribution in [0, 0.1) is 0 Å². The monoisotopic (exact) mass is 268 g/mol. The van der Waals surface area contributed by atoms with E-state index < -0.39 is 0 Å². The molecular formula is C16H13ClN2. The van der Waals surface area contributed by atoms with Gasteiger partial charge in [0.2, 0.25) is 5.28 Å². The maximum atomic E-state index is 5.99. The molecule has 0 unspecified atom stereocenters. The number of hydrogen-bond acceptors (Lipinski definition) is 2. The molecular weight excluding hydrogens is 256 g/mol. The van der Waals surface area contributed by atoms with Gasteiger partial charge in [0.1, 0.15) is 0 Å². The molecule has 0 amide bonds. The third kappa shape index (κ3) is 3.18. The van der Waals surface area contributed by atoms with Crippen molar-refractivity contribution in [3.63, 3.8) is 0 Å². The Balaban J connectivity index is 2.55. The Morgan fingerprint density at radius 1 is 1.11 bits per heavy atom. The van der Waals surface area contributed by atoms with Crippen LogP contribution in [0.15, 0.2) is 67.8 Å². The van der Waals surface area contributed by atoms with Gasteiger partial charge in [-0.1, -0.05) is 61.7 Å². The lowest BCUT2D eigenvalue weighted by molar-refractivity contribution is 1.15. The molecule has 0 bridgehead atoms. The largest absolute Gasteiger partial charge is 0.223 e. The van der Waals surface area contributed by atoms with E-state index in [2.05, 4.69) is 23.1 Å². The van der Waals surface area contributed by atoms with Crippen molar-refractivity contribution in [3.05, 3.63) is 78.8 Å². The predicted molar refractivity (Wildman–Crippen MR) is 80.8 cm³/mol. The van der Waals surface area contributed by atoms with E-state index in [-0.39, 0.29) is 5.28 Å². The van der Waals surface area contributed by atoms with Crippen LogP contribution in [-0.2, 0) is 0 Å². The fourth-order valence-electron chi connectivity index (χ4n) is 1.71. The van der Waals surface area contributed by atoms with Gasteiger partial charge in [-0.15, -0.1) is 0 Å². The zero-order valence-electron chi connectivity index (χ0n) is 10.4. The molecule has 0 fully saturated rings. The molecule has 94 valence electrons. The van der Waals surface area contributed by atoms with E-state index in [1.54, 1.807) is 12.2 Å². The van der Waals surface area contributed by atoms with Crippen molar-refractivity contribution < 1.29 is 0 Å². The Morgan fingerprint density at radius 3 is 2.47 bits per heavy atom. The summed E-state index contributed by atoms with van der Waals surface area (Å²) < 4.78 is 0. The van der Waals surface area contributed by atoms with Crippen LogP contribution < -0.4 is 0 Å². The number of hydrogen-bond donors (Lipinski definition) is 0. The Kier molecular flexibility index (Phi) is 4.26. The highest BCUT2D eigenvalue weighted by molar-refractivity contribution is 6.28. The topological polar surface area (TPSA) is 25.8 Å². The van der Waals surface area contributed by atoms with Crippen LogP contribution in [0.5, 0.6) is 0 Å². The molecule has 2 aromatic rings. The number of halogens is 1. The second-order valence-electron chi connectivity index (χ2n) is 3.84. The normalized spacial score (nSPS) is 11.1. The molecule has 0 radical (unpaired) electrons. The van der Waals surface area contributed by atoms with E-state index in [0.717, 1.165) is 22.5 Å². The lowest BCUT2D eigenvalue weighted by Crippen LogP contribution is -1.94. The van der Waals surface area contributed by atoms with Crippen LogP contribution >= 0.6 is 11.6 Å². The minimum Gasteiger partial charge on any atom is -0.218 e.